The van der Waals surface area contributed by atoms with Gasteiger partial charge in [-0.15, -0.1) is 0 Å². The Morgan fingerprint density at radius 3 is 1.65 bits per heavy atom. The minimum Gasteiger partial charge on any atom is -0.0616 e. The molecule has 0 bridgehead atoms. The first kappa shape index (κ1) is 20.4. The van der Waals surface area contributed by atoms with Gasteiger partial charge in [-0.05, 0) is 74.8 Å². The normalized spacial score (nSPS) is 11.2. The van der Waals surface area contributed by atoms with Gasteiger partial charge < -0.3 is 0 Å². The summed E-state index contributed by atoms with van der Waals surface area (Å²) in [5.74, 6) is 0. The van der Waals surface area contributed by atoms with Gasteiger partial charge in [-0.1, -0.05) is 126 Å². The molecule has 0 N–H and O–H groups in total. The molecular formula is C34H26. The lowest BCUT2D eigenvalue weighted by molar-refractivity contribution is 1.46. The lowest BCUT2D eigenvalue weighted by Crippen LogP contribution is -1.94. The van der Waals surface area contributed by atoms with Gasteiger partial charge in [-0.2, -0.15) is 0 Å². The van der Waals surface area contributed by atoms with Gasteiger partial charge in [0.05, 0.1) is 0 Å². The van der Waals surface area contributed by atoms with Crippen LogP contribution in [0, 0.1) is 13.8 Å². The van der Waals surface area contributed by atoms with Gasteiger partial charge in [0.2, 0.25) is 0 Å². The molecule has 0 aliphatic heterocycles. The van der Waals surface area contributed by atoms with E-state index in [2.05, 4.69) is 135 Å². The second-order valence-corrected chi connectivity index (χ2v) is 9.15. The standard InChI is InChI=1S/C34H26/c1-23-14-18-26(19-15-23)32-22-28-9-4-6-12-30(28)34(33(32)27-20-16-24(2)17-21-27)31-13-7-10-25-8-3-5-11-29(25)31/h3-22H,1-2H3. The topological polar surface area (TPSA) is 0 Å². The van der Waals surface area contributed by atoms with Crippen LogP contribution in [-0.4, -0.2) is 0 Å². The lowest BCUT2D eigenvalue weighted by Gasteiger charge is -2.21. The van der Waals surface area contributed by atoms with Crippen LogP contribution in [0.4, 0.5) is 0 Å². The van der Waals surface area contributed by atoms with Crippen molar-refractivity contribution < 1.29 is 0 Å². The number of rotatable bonds is 3. The van der Waals surface area contributed by atoms with Gasteiger partial charge in [-0.3, -0.25) is 0 Å². The van der Waals surface area contributed by atoms with Crippen LogP contribution in [0.15, 0.2) is 121 Å². The molecule has 6 aromatic rings. The Morgan fingerprint density at radius 2 is 0.941 bits per heavy atom. The minimum atomic E-state index is 1.24. The zero-order chi connectivity index (χ0) is 23.1. The molecule has 0 amide bonds. The summed E-state index contributed by atoms with van der Waals surface area (Å²) in [6, 6.07) is 44.4. The van der Waals surface area contributed by atoms with E-state index in [1.165, 1.54) is 66.1 Å². The minimum absolute atomic E-state index is 1.24. The Hall–Kier alpha value is -4.16. The molecule has 0 saturated heterocycles. The second kappa shape index (κ2) is 8.32. The Labute approximate surface area is 201 Å². The highest BCUT2D eigenvalue weighted by atomic mass is 14.2. The van der Waals surface area contributed by atoms with Gasteiger partial charge >= 0.3 is 0 Å². The summed E-state index contributed by atoms with van der Waals surface area (Å²) in [6.45, 7) is 4.29. The van der Waals surface area contributed by atoms with Crippen molar-refractivity contribution in [2.45, 2.75) is 13.8 Å². The molecular weight excluding hydrogens is 408 g/mol. The van der Waals surface area contributed by atoms with Gasteiger partial charge in [0.1, 0.15) is 0 Å². The smallest absolute Gasteiger partial charge is 0.00143 e. The van der Waals surface area contributed by atoms with Gasteiger partial charge in [0.15, 0.2) is 0 Å². The molecule has 0 aromatic heterocycles. The van der Waals surface area contributed by atoms with Crippen molar-refractivity contribution in [3.8, 4) is 33.4 Å². The Balaban J connectivity index is 1.81. The van der Waals surface area contributed by atoms with E-state index < -0.39 is 0 Å². The third kappa shape index (κ3) is 3.49. The maximum absolute atomic E-state index is 2.36. The first-order chi connectivity index (χ1) is 16.7. The van der Waals surface area contributed by atoms with Crippen molar-refractivity contribution in [3.63, 3.8) is 0 Å². The van der Waals surface area contributed by atoms with Crippen LogP contribution in [-0.2, 0) is 0 Å². The van der Waals surface area contributed by atoms with Crippen molar-refractivity contribution in [2.75, 3.05) is 0 Å². The van der Waals surface area contributed by atoms with E-state index in [-0.39, 0.29) is 0 Å². The fourth-order valence-electron chi connectivity index (χ4n) is 5.05. The summed E-state index contributed by atoms with van der Waals surface area (Å²) in [5.41, 5.74) is 10.2. The van der Waals surface area contributed by atoms with Crippen molar-refractivity contribution in [1.82, 2.24) is 0 Å². The number of fused-ring (bicyclic) bond motifs is 2. The number of benzene rings is 6. The van der Waals surface area contributed by atoms with E-state index in [1.54, 1.807) is 0 Å². The number of hydrogen-bond donors (Lipinski definition) is 0. The van der Waals surface area contributed by atoms with E-state index >= 15 is 0 Å². The van der Waals surface area contributed by atoms with Crippen LogP contribution in [0.5, 0.6) is 0 Å². The molecule has 0 atom stereocenters. The Bertz CT molecular complexity index is 1630. The fraction of sp³-hybridized carbons (Fsp3) is 0.0588. The van der Waals surface area contributed by atoms with Crippen LogP contribution >= 0.6 is 0 Å². The average molecular weight is 435 g/mol. The van der Waals surface area contributed by atoms with Crippen LogP contribution in [0.1, 0.15) is 11.1 Å². The van der Waals surface area contributed by atoms with Crippen molar-refractivity contribution in [2.24, 2.45) is 0 Å². The molecule has 0 heterocycles. The summed E-state index contributed by atoms with van der Waals surface area (Å²) < 4.78 is 0. The lowest BCUT2D eigenvalue weighted by atomic mass is 9.82. The van der Waals surface area contributed by atoms with E-state index in [0.29, 0.717) is 0 Å². The maximum Gasteiger partial charge on any atom is -0.00143 e. The monoisotopic (exact) mass is 434 g/mol. The quantitative estimate of drug-likeness (QED) is 0.260. The first-order valence-electron chi connectivity index (χ1n) is 11.9. The van der Waals surface area contributed by atoms with Gasteiger partial charge in [0, 0.05) is 0 Å². The molecule has 6 aromatic carbocycles. The predicted molar refractivity (Wildman–Crippen MR) is 147 cm³/mol. The number of aryl methyl sites for hydroxylation is 2. The molecule has 0 aliphatic carbocycles. The molecule has 0 saturated carbocycles. The Morgan fingerprint density at radius 1 is 0.382 bits per heavy atom. The molecule has 34 heavy (non-hydrogen) atoms. The zero-order valence-corrected chi connectivity index (χ0v) is 19.5. The molecule has 0 unspecified atom stereocenters. The van der Waals surface area contributed by atoms with E-state index in [9.17, 15) is 0 Å². The first-order valence-corrected chi connectivity index (χ1v) is 11.9. The number of hydrogen-bond acceptors (Lipinski definition) is 0. The van der Waals surface area contributed by atoms with Crippen LogP contribution in [0.3, 0.4) is 0 Å². The molecule has 0 nitrogen and oxygen atoms in total. The summed E-state index contributed by atoms with van der Waals surface area (Å²) >= 11 is 0. The molecule has 0 heteroatoms. The largest absolute Gasteiger partial charge is 0.0616 e. The highest BCUT2D eigenvalue weighted by molar-refractivity contribution is 6.14. The van der Waals surface area contributed by atoms with E-state index in [4.69, 9.17) is 0 Å². The van der Waals surface area contributed by atoms with E-state index in [1.807, 2.05) is 0 Å². The summed E-state index contributed by atoms with van der Waals surface area (Å²) in [6.07, 6.45) is 0. The molecule has 162 valence electrons. The molecule has 0 radical (unpaired) electrons. The van der Waals surface area contributed by atoms with Gasteiger partial charge in [-0.25, -0.2) is 0 Å². The average Bonchev–Trinajstić information content (AvgIpc) is 2.88. The van der Waals surface area contributed by atoms with Gasteiger partial charge in [0.25, 0.3) is 0 Å². The maximum atomic E-state index is 2.36. The van der Waals surface area contributed by atoms with E-state index in [0.717, 1.165) is 0 Å². The summed E-state index contributed by atoms with van der Waals surface area (Å²) in [4.78, 5) is 0. The zero-order valence-electron chi connectivity index (χ0n) is 19.5. The van der Waals surface area contributed by atoms with Crippen LogP contribution < -0.4 is 0 Å². The third-order valence-corrected chi connectivity index (χ3v) is 6.81. The van der Waals surface area contributed by atoms with Crippen molar-refractivity contribution >= 4 is 21.5 Å². The predicted octanol–water partition coefficient (Wildman–Crippen LogP) is 9.61. The SMILES string of the molecule is Cc1ccc(-c2cc3ccccc3c(-c3cccc4ccccc34)c2-c2ccc(C)cc2)cc1. The van der Waals surface area contributed by atoms with Crippen LogP contribution in [0.2, 0.25) is 0 Å². The highest BCUT2D eigenvalue weighted by Gasteiger charge is 2.19. The fourth-order valence-corrected chi connectivity index (χ4v) is 5.05. The van der Waals surface area contributed by atoms with Crippen molar-refractivity contribution in [1.29, 1.82) is 0 Å². The molecule has 6 rings (SSSR count). The van der Waals surface area contributed by atoms with Crippen molar-refractivity contribution in [3.05, 3.63) is 132 Å². The summed E-state index contributed by atoms with van der Waals surface area (Å²) in [5, 5.41) is 5.09. The molecule has 0 spiro atoms. The second-order valence-electron chi connectivity index (χ2n) is 9.15. The molecule has 0 aliphatic rings. The van der Waals surface area contributed by atoms with Crippen LogP contribution in [0.25, 0.3) is 54.9 Å². The highest BCUT2D eigenvalue weighted by Crippen LogP contribution is 2.46. The summed E-state index contributed by atoms with van der Waals surface area (Å²) in [7, 11) is 0. The Kier molecular flexibility index (Phi) is 5.00. The molecule has 0 fully saturated rings. The third-order valence-electron chi connectivity index (χ3n) is 6.81.